The molecule has 1 atom stereocenters. The highest BCUT2D eigenvalue weighted by Crippen LogP contribution is 2.12. The van der Waals surface area contributed by atoms with Crippen molar-refractivity contribution in [1.82, 2.24) is 9.55 Å². The van der Waals surface area contributed by atoms with Gasteiger partial charge in [0, 0.05) is 13.1 Å². The molecule has 0 amide bonds. The molecule has 1 heterocycles. The van der Waals surface area contributed by atoms with Crippen LogP contribution >= 0.6 is 0 Å². The van der Waals surface area contributed by atoms with Crippen molar-refractivity contribution in [3.05, 3.63) is 20.8 Å². The number of nitrogens with one attached hydrogen (secondary N) is 2. The van der Waals surface area contributed by atoms with Crippen molar-refractivity contribution in [1.29, 1.82) is 0 Å². The van der Waals surface area contributed by atoms with Gasteiger partial charge in [-0.15, -0.1) is 0 Å². The van der Waals surface area contributed by atoms with Gasteiger partial charge in [-0.05, 0) is 11.8 Å². The van der Waals surface area contributed by atoms with E-state index in [4.69, 9.17) is 5.73 Å². The Labute approximate surface area is 117 Å². The summed E-state index contributed by atoms with van der Waals surface area (Å²) in [6, 6.07) is 0. The van der Waals surface area contributed by atoms with Crippen LogP contribution in [-0.2, 0) is 6.54 Å². The third-order valence-corrected chi connectivity index (χ3v) is 3.04. The lowest BCUT2D eigenvalue weighted by Crippen LogP contribution is -2.36. The molecule has 0 aliphatic rings. The molecule has 1 unspecified atom stereocenters. The van der Waals surface area contributed by atoms with Crippen LogP contribution in [0.2, 0.25) is 0 Å². The van der Waals surface area contributed by atoms with E-state index in [0.717, 1.165) is 0 Å². The summed E-state index contributed by atoms with van der Waals surface area (Å²) < 4.78 is 1.33. The molecule has 0 radical (unpaired) electrons. The number of aromatic amines is 1. The summed E-state index contributed by atoms with van der Waals surface area (Å²) >= 11 is 0. The van der Waals surface area contributed by atoms with Crippen LogP contribution in [0.5, 0.6) is 0 Å². The molecule has 20 heavy (non-hydrogen) atoms. The number of hydrogen-bond acceptors (Lipinski definition) is 5. The topological polar surface area (TPSA) is 113 Å². The molecule has 0 aliphatic carbocycles. The first-order chi connectivity index (χ1) is 9.23. The van der Waals surface area contributed by atoms with Gasteiger partial charge in [-0.25, -0.2) is 4.79 Å². The standard InChI is InChI=1S/C13H24N4O3/c1-7(2)6-17-11(14)10(12(19)16-13(17)20)15-5-9(18)8(3)4/h7-9,15,18H,5-6,14H2,1-4H3,(H,16,19,20). The number of anilines is 2. The third-order valence-electron chi connectivity index (χ3n) is 3.04. The fraction of sp³-hybridized carbons (Fsp3) is 0.692. The molecular weight excluding hydrogens is 260 g/mol. The average Bonchev–Trinajstić information content (AvgIpc) is 2.33. The molecule has 7 heteroatoms. The Kier molecular flexibility index (Phi) is 5.38. The molecule has 1 aromatic heterocycles. The van der Waals surface area contributed by atoms with Crippen molar-refractivity contribution < 1.29 is 5.11 Å². The van der Waals surface area contributed by atoms with Crippen molar-refractivity contribution >= 4 is 11.5 Å². The van der Waals surface area contributed by atoms with Crippen LogP contribution in [0.3, 0.4) is 0 Å². The highest BCUT2D eigenvalue weighted by molar-refractivity contribution is 5.60. The van der Waals surface area contributed by atoms with Gasteiger partial charge in [0.25, 0.3) is 5.56 Å². The molecule has 0 bridgehead atoms. The fourth-order valence-corrected chi connectivity index (χ4v) is 1.75. The Morgan fingerprint density at radius 2 is 1.90 bits per heavy atom. The first-order valence-electron chi connectivity index (χ1n) is 6.78. The van der Waals surface area contributed by atoms with E-state index in [0.29, 0.717) is 6.54 Å². The molecule has 0 aliphatic heterocycles. The van der Waals surface area contributed by atoms with Crippen molar-refractivity contribution in [2.24, 2.45) is 11.8 Å². The first-order valence-corrected chi connectivity index (χ1v) is 6.78. The van der Waals surface area contributed by atoms with Crippen LogP contribution in [0.15, 0.2) is 9.59 Å². The molecular formula is C13H24N4O3. The highest BCUT2D eigenvalue weighted by Gasteiger charge is 2.15. The average molecular weight is 284 g/mol. The van der Waals surface area contributed by atoms with Crippen molar-refractivity contribution in [2.45, 2.75) is 40.3 Å². The van der Waals surface area contributed by atoms with Crippen LogP contribution in [0.25, 0.3) is 0 Å². The lowest BCUT2D eigenvalue weighted by atomic mass is 10.1. The molecule has 5 N–H and O–H groups in total. The summed E-state index contributed by atoms with van der Waals surface area (Å²) in [4.78, 5) is 25.8. The number of H-pyrrole nitrogens is 1. The Bertz CT molecular complexity index is 560. The number of nitrogens with two attached hydrogens (primary N) is 1. The van der Waals surface area contributed by atoms with Crippen molar-refractivity contribution in [3.63, 3.8) is 0 Å². The fourth-order valence-electron chi connectivity index (χ4n) is 1.75. The summed E-state index contributed by atoms with van der Waals surface area (Å²) in [6.45, 7) is 8.27. The lowest BCUT2D eigenvalue weighted by molar-refractivity contribution is 0.138. The Morgan fingerprint density at radius 1 is 1.30 bits per heavy atom. The Morgan fingerprint density at radius 3 is 2.40 bits per heavy atom. The predicted molar refractivity (Wildman–Crippen MR) is 79.9 cm³/mol. The van der Waals surface area contributed by atoms with Crippen LogP contribution in [0.1, 0.15) is 27.7 Å². The number of rotatable bonds is 6. The van der Waals surface area contributed by atoms with E-state index in [9.17, 15) is 14.7 Å². The van der Waals surface area contributed by atoms with E-state index in [1.807, 2.05) is 27.7 Å². The van der Waals surface area contributed by atoms with Gasteiger partial charge in [-0.1, -0.05) is 27.7 Å². The minimum atomic E-state index is -0.598. The smallest absolute Gasteiger partial charge is 0.330 e. The van der Waals surface area contributed by atoms with Crippen LogP contribution in [-0.4, -0.2) is 27.3 Å². The van der Waals surface area contributed by atoms with Crippen LogP contribution in [0, 0.1) is 11.8 Å². The number of nitrogens with zero attached hydrogens (tertiary/aromatic N) is 1. The van der Waals surface area contributed by atoms with E-state index >= 15 is 0 Å². The minimum Gasteiger partial charge on any atom is -0.391 e. The van der Waals surface area contributed by atoms with Gasteiger partial charge >= 0.3 is 5.69 Å². The number of nitrogen functional groups attached to an aromatic ring is 1. The zero-order valence-electron chi connectivity index (χ0n) is 12.4. The van der Waals surface area contributed by atoms with Gasteiger partial charge in [-0.3, -0.25) is 14.3 Å². The normalized spacial score (nSPS) is 12.9. The van der Waals surface area contributed by atoms with Crippen molar-refractivity contribution in [2.75, 3.05) is 17.6 Å². The monoisotopic (exact) mass is 284 g/mol. The molecule has 0 aromatic carbocycles. The summed E-state index contributed by atoms with van der Waals surface area (Å²) in [5, 5.41) is 12.6. The number of aliphatic hydroxyl groups is 1. The zero-order valence-corrected chi connectivity index (χ0v) is 12.4. The maximum Gasteiger partial charge on any atom is 0.330 e. The molecule has 0 spiro atoms. The molecule has 0 saturated heterocycles. The van der Waals surface area contributed by atoms with E-state index in [1.165, 1.54) is 4.57 Å². The summed E-state index contributed by atoms with van der Waals surface area (Å²) in [5.74, 6) is 0.378. The number of aliphatic hydroxyl groups excluding tert-OH is 1. The second kappa shape index (κ2) is 6.60. The van der Waals surface area contributed by atoms with Gasteiger partial charge in [0.1, 0.15) is 11.5 Å². The predicted octanol–water partition coefficient (Wildman–Crippen LogP) is 0.204. The van der Waals surface area contributed by atoms with Gasteiger partial charge in [0.2, 0.25) is 0 Å². The summed E-state index contributed by atoms with van der Waals surface area (Å²) in [5.41, 5.74) is 4.94. The van der Waals surface area contributed by atoms with Crippen LogP contribution < -0.4 is 22.3 Å². The Hall–Kier alpha value is -1.76. The second-order valence-electron chi connectivity index (χ2n) is 5.72. The van der Waals surface area contributed by atoms with E-state index < -0.39 is 17.4 Å². The quantitative estimate of drug-likeness (QED) is 0.596. The third kappa shape index (κ3) is 3.86. The van der Waals surface area contributed by atoms with E-state index in [1.54, 1.807) is 0 Å². The molecule has 114 valence electrons. The number of hydrogen-bond donors (Lipinski definition) is 4. The minimum absolute atomic E-state index is 0.0596. The molecule has 1 aromatic rings. The van der Waals surface area contributed by atoms with Gasteiger partial charge < -0.3 is 16.2 Å². The van der Waals surface area contributed by atoms with Crippen molar-refractivity contribution in [3.8, 4) is 0 Å². The maximum absolute atomic E-state index is 11.8. The SMILES string of the molecule is CC(C)Cn1c(N)c(NCC(O)C(C)C)c(=O)[nH]c1=O. The second-order valence-corrected chi connectivity index (χ2v) is 5.72. The maximum atomic E-state index is 11.8. The highest BCUT2D eigenvalue weighted by atomic mass is 16.3. The Balaban J connectivity index is 3.08. The molecule has 0 saturated carbocycles. The molecule has 1 rings (SSSR count). The summed E-state index contributed by atoms with van der Waals surface area (Å²) in [7, 11) is 0. The zero-order chi connectivity index (χ0) is 15.4. The summed E-state index contributed by atoms with van der Waals surface area (Å²) in [6.07, 6.45) is -0.598. The van der Waals surface area contributed by atoms with Crippen LogP contribution in [0.4, 0.5) is 11.5 Å². The van der Waals surface area contributed by atoms with E-state index in [-0.39, 0.29) is 29.9 Å². The molecule has 0 fully saturated rings. The van der Waals surface area contributed by atoms with Gasteiger partial charge in [0.05, 0.1) is 6.10 Å². The molecule has 7 nitrogen and oxygen atoms in total. The largest absolute Gasteiger partial charge is 0.391 e. The number of aromatic nitrogens is 2. The first kappa shape index (κ1) is 16.3. The van der Waals surface area contributed by atoms with Gasteiger partial charge in [-0.2, -0.15) is 0 Å². The van der Waals surface area contributed by atoms with Gasteiger partial charge in [0.15, 0.2) is 0 Å². The lowest BCUT2D eigenvalue weighted by Gasteiger charge is -2.18. The van der Waals surface area contributed by atoms with E-state index in [2.05, 4.69) is 10.3 Å².